The molecule has 1 aliphatic heterocycles. The van der Waals surface area contributed by atoms with Gasteiger partial charge >= 0.3 is 5.51 Å². The number of nitrogens with one attached hydrogen (secondary N) is 1. The van der Waals surface area contributed by atoms with Gasteiger partial charge in [0.1, 0.15) is 4.90 Å². The molecule has 37 heavy (non-hydrogen) atoms. The summed E-state index contributed by atoms with van der Waals surface area (Å²) >= 11 is 1.47. The van der Waals surface area contributed by atoms with Crippen LogP contribution < -0.4 is 10.5 Å². The minimum Gasteiger partial charge on any atom is -0.380 e. The maximum absolute atomic E-state index is 13.5. The number of anilines is 1. The monoisotopic (exact) mass is 581 g/mol. The Morgan fingerprint density at radius 2 is 1.86 bits per heavy atom. The van der Waals surface area contributed by atoms with Gasteiger partial charge in [-0.1, -0.05) is 25.1 Å². The van der Waals surface area contributed by atoms with Crippen molar-refractivity contribution < 1.29 is 34.7 Å². The second kappa shape index (κ2) is 12.3. The number of ether oxygens (including phenoxy) is 1. The number of alkyl halides is 3. The predicted molar refractivity (Wildman–Crippen MR) is 137 cm³/mol. The van der Waals surface area contributed by atoms with Gasteiger partial charge in [0.15, 0.2) is 0 Å². The summed E-state index contributed by atoms with van der Waals surface area (Å²) in [5.41, 5.74) is -5.96. The number of hydrogen-bond donors (Lipinski definition) is 2. The topological polar surface area (TPSA) is 119 Å². The molecule has 2 aromatic rings. The van der Waals surface area contributed by atoms with E-state index in [4.69, 9.17) is 9.88 Å². The van der Waals surface area contributed by atoms with Crippen molar-refractivity contribution in [3.63, 3.8) is 0 Å². The smallest absolute Gasteiger partial charge is 0.380 e. The van der Waals surface area contributed by atoms with Gasteiger partial charge in [-0.15, -0.1) is 11.8 Å². The molecule has 1 saturated heterocycles. The second-order valence-electron chi connectivity index (χ2n) is 8.58. The quantitative estimate of drug-likeness (QED) is 0.386. The molecule has 1 heterocycles. The zero-order valence-corrected chi connectivity index (χ0v) is 22.6. The molecule has 0 spiro atoms. The van der Waals surface area contributed by atoms with Crippen molar-refractivity contribution in [3.8, 4) is 0 Å². The van der Waals surface area contributed by atoms with Gasteiger partial charge < -0.3 is 10.1 Å². The first-order chi connectivity index (χ1) is 17.3. The van der Waals surface area contributed by atoms with E-state index in [-0.39, 0.29) is 11.7 Å². The zero-order chi connectivity index (χ0) is 27.3. The summed E-state index contributed by atoms with van der Waals surface area (Å²) in [5.74, 6) is 0.424. The van der Waals surface area contributed by atoms with E-state index in [0.717, 1.165) is 23.4 Å². The number of morpholine rings is 1. The number of rotatable bonds is 11. The number of nitrogens with two attached hydrogens (primary N) is 1. The lowest BCUT2D eigenvalue weighted by molar-refractivity contribution is -0.0435. The van der Waals surface area contributed by atoms with Gasteiger partial charge in [0.05, 0.1) is 23.8 Å². The van der Waals surface area contributed by atoms with Crippen LogP contribution in [-0.4, -0.2) is 71.4 Å². The van der Waals surface area contributed by atoms with E-state index in [9.17, 15) is 30.0 Å². The minimum absolute atomic E-state index is 0.214. The number of sulfonamides is 1. The summed E-state index contributed by atoms with van der Waals surface area (Å²) in [5, 5.41) is 8.01. The first-order valence-electron chi connectivity index (χ1n) is 11.6. The predicted octanol–water partition coefficient (Wildman–Crippen LogP) is 3.70. The lowest BCUT2D eigenvalue weighted by atomic mass is 10.1. The normalized spacial score (nSPS) is 18.5. The van der Waals surface area contributed by atoms with Crippen molar-refractivity contribution in [2.24, 2.45) is 5.14 Å². The maximum atomic E-state index is 13.5. The fourth-order valence-corrected chi connectivity index (χ4v) is 6.51. The number of primary sulfonamides is 1. The van der Waals surface area contributed by atoms with Crippen molar-refractivity contribution in [2.45, 2.75) is 52.0 Å². The molecule has 1 aliphatic rings. The number of halogens is 3. The first-order valence-corrected chi connectivity index (χ1v) is 15.6. The summed E-state index contributed by atoms with van der Waals surface area (Å²) in [6.07, 6.45) is 1.37. The third-order valence-corrected chi connectivity index (χ3v) is 9.63. The van der Waals surface area contributed by atoms with Gasteiger partial charge in [0.2, 0.25) is 10.0 Å². The zero-order valence-electron chi connectivity index (χ0n) is 20.1. The number of thioether (sulfide) groups is 1. The first kappa shape index (κ1) is 29.7. The highest BCUT2D eigenvalue weighted by Gasteiger charge is 2.48. The molecule has 206 valence electrons. The van der Waals surface area contributed by atoms with Crippen LogP contribution in [0.25, 0.3) is 0 Å². The number of sulfone groups is 1. The Hall–Kier alpha value is -1.84. The van der Waals surface area contributed by atoms with Crippen LogP contribution in [0.4, 0.5) is 18.9 Å². The molecule has 0 bridgehead atoms. The van der Waals surface area contributed by atoms with Crippen LogP contribution in [0.1, 0.15) is 19.8 Å². The second-order valence-corrected chi connectivity index (χ2v) is 13.1. The highest BCUT2D eigenvalue weighted by molar-refractivity contribution is 7.99. The fraction of sp³-hybridized carbons (Fsp3) is 0.478. The van der Waals surface area contributed by atoms with Crippen LogP contribution in [0.2, 0.25) is 0 Å². The Balaban J connectivity index is 1.92. The summed E-state index contributed by atoms with van der Waals surface area (Å²) in [4.78, 5) is 1.29. The van der Waals surface area contributed by atoms with Crippen LogP contribution in [0.3, 0.4) is 0 Å². The van der Waals surface area contributed by atoms with E-state index >= 15 is 0 Å². The molecule has 0 saturated carbocycles. The largest absolute Gasteiger partial charge is 0.501 e. The average molecular weight is 582 g/mol. The van der Waals surface area contributed by atoms with E-state index < -0.39 is 41.2 Å². The Bertz CT molecular complexity index is 1260. The molecular formula is C23H30F3N3O5S3. The van der Waals surface area contributed by atoms with Crippen molar-refractivity contribution in [1.29, 1.82) is 0 Å². The molecule has 14 heteroatoms. The van der Waals surface area contributed by atoms with E-state index in [1.807, 2.05) is 30.3 Å². The number of benzene rings is 2. The molecule has 3 rings (SSSR count). The lowest BCUT2D eigenvalue weighted by Crippen LogP contribution is -2.46. The third-order valence-electron chi connectivity index (χ3n) is 6.02. The van der Waals surface area contributed by atoms with Crippen molar-refractivity contribution in [1.82, 2.24) is 4.90 Å². The molecule has 1 fully saturated rings. The van der Waals surface area contributed by atoms with Crippen molar-refractivity contribution >= 4 is 37.3 Å². The lowest BCUT2D eigenvalue weighted by Gasteiger charge is -2.36. The minimum atomic E-state index is -5.87. The summed E-state index contributed by atoms with van der Waals surface area (Å²) in [7, 11) is -10.3. The Labute approximate surface area is 219 Å². The molecule has 0 amide bonds. The summed E-state index contributed by atoms with van der Waals surface area (Å²) < 4.78 is 94.3. The fourth-order valence-electron chi connectivity index (χ4n) is 3.96. The van der Waals surface area contributed by atoms with Crippen molar-refractivity contribution in [2.75, 3.05) is 37.4 Å². The third kappa shape index (κ3) is 7.83. The molecule has 8 nitrogen and oxygen atoms in total. The maximum Gasteiger partial charge on any atom is 0.501 e. The van der Waals surface area contributed by atoms with Gasteiger partial charge in [0, 0.05) is 35.8 Å². The highest BCUT2D eigenvalue weighted by atomic mass is 32.2. The van der Waals surface area contributed by atoms with Crippen LogP contribution in [0.15, 0.2) is 63.2 Å². The number of hydrogen-bond acceptors (Lipinski definition) is 8. The summed E-state index contributed by atoms with van der Waals surface area (Å²) in [6.45, 7) is 4.56. The van der Waals surface area contributed by atoms with Crippen LogP contribution >= 0.6 is 11.8 Å². The molecule has 0 aromatic heterocycles. The Morgan fingerprint density at radius 1 is 1.16 bits per heavy atom. The van der Waals surface area contributed by atoms with Gasteiger partial charge in [-0.3, -0.25) is 4.90 Å². The van der Waals surface area contributed by atoms with E-state index in [0.29, 0.717) is 44.5 Å². The Kier molecular flexibility index (Phi) is 9.91. The van der Waals surface area contributed by atoms with Crippen molar-refractivity contribution in [3.05, 3.63) is 48.5 Å². The van der Waals surface area contributed by atoms with Crippen LogP contribution in [0.5, 0.6) is 0 Å². The van der Waals surface area contributed by atoms with Gasteiger partial charge in [0.25, 0.3) is 9.84 Å². The Morgan fingerprint density at radius 3 is 2.49 bits per heavy atom. The van der Waals surface area contributed by atoms with E-state index in [1.54, 1.807) is 0 Å². The average Bonchev–Trinajstić information content (AvgIpc) is 2.85. The number of nitrogens with zero attached hydrogens (tertiary/aromatic N) is 1. The molecule has 3 N–H and O–H groups in total. The summed E-state index contributed by atoms with van der Waals surface area (Å²) in [6, 6.07) is 11.6. The molecule has 0 radical (unpaired) electrons. The SMILES string of the molecule is CC[C@H]1COCCN1CC[C@H](CSc1ccccc1)Nc1ccc(S(N)(=O)=O)cc1S(=O)(=O)C(F)(F)F. The van der Waals surface area contributed by atoms with E-state index in [1.165, 1.54) is 11.8 Å². The highest BCUT2D eigenvalue weighted by Crippen LogP contribution is 2.36. The molecule has 2 aromatic carbocycles. The molecule has 0 unspecified atom stereocenters. The van der Waals surface area contributed by atoms with Gasteiger partial charge in [-0.25, -0.2) is 22.0 Å². The molecular weight excluding hydrogens is 551 g/mol. The molecule has 2 atom stereocenters. The van der Waals surface area contributed by atoms with Gasteiger partial charge in [-0.2, -0.15) is 13.2 Å². The van der Waals surface area contributed by atoms with Gasteiger partial charge in [-0.05, 0) is 43.2 Å². The van der Waals surface area contributed by atoms with Crippen LogP contribution in [0, 0.1) is 0 Å². The molecule has 0 aliphatic carbocycles. The standard InChI is InChI=1S/C23H30F3N3O5S3/c1-2-18-15-34-13-12-29(18)11-10-17(16-35-19-6-4-3-5-7-19)28-21-9-8-20(37(27,32)33)14-22(21)36(30,31)23(24,25)26/h3-9,14,17-18,28H,2,10-13,15-16H2,1H3,(H2,27,32,33)/t17-,18+/m1/s1. The van der Waals surface area contributed by atoms with E-state index in [2.05, 4.69) is 17.1 Å². The van der Waals surface area contributed by atoms with Crippen LogP contribution in [-0.2, 0) is 24.6 Å².